The standard InChI is InChI=1S/C20H21N5O4S/c1-14-10-16(28-9-3-7-24-25-20(21)22)12-17(11-14)29-30(26,27)19-5-2-4-15-13-23-8-6-18(15)19/h2,4-8,10-13H,3,9H2,1H3,(H4,21,22,25)/b24-7-. The zero-order chi connectivity index (χ0) is 21.6. The summed E-state index contributed by atoms with van der Waals surface area (Å²) in [5, 5.41) is 8.40. The van der Waals surface area contributed by atoms with E-state index in [0.29, 0.717) is 29.5 Å². The number of hydrogen-bond donors (Lipinski definition) is 2. The monoisotopic (exact) mass is 427 g/mol. The lowest BCUT2D eigenvalue weighted by molar-refractivity contribution is 0.329. The Balaban J connectivity index is 1.76. The maximum Gasteiger partial charge on any atom is 0.339 e. The van der Waals surface area contributed by atoms with Crippen LogP contribution in [0.15, 0.2) is 70.0 Å². The Morgan fingerprint density at radius 3 is 2.77 bits per heavy atom. The molecule has 3 rings (SSSR count). The fourth-order valence-corrected chi connectivity index (χ4v) is 3.86. The highest BCUT2D eigenvalue weighted by molar-refractivity contribution is 7.87. The van der Waals surface area contributed by atoms with Gasteiger partial charge in [-0.15, -0.1) is 5.10 Å². The van der Waals surface area contributed by atoms with Gasteiger partial charge in [-0.3, -0.25) is 4.98 Å². The number of rotatable bonds is 8. The Kier molecular flexibility index (Phi) is 6.48. The summed E-state index contributed by atoms with van der Waals surface area (Å²) in [5.74, 6) is 0.499. The van der Waals surface area contributed by atoms with E-state index in [1.165, 1.54) is 24.5 Å². The van der Waals surface area contributed by atoms with Crippen molar-refractivity contribution >= 4 is 33.1 Å². The molecule has 0 amide bonds. The van der Waals surface area contributed by atoms with Crippen LogP contribution in [-0.2, 0) is 10.1 Å². The number of benzene rings is 2. The molecule has 0 atom stereocenters. The van der Waals surface area contributed by atoms with E-state index in [2.05, 4.69) is 15.2 Å². The lowest BCUT2D eigenvalue weighted by Crippen LogP contribution is -2.21. The first kappa shape index (κ1) is 21.1. The molecule has 0 radical (unpaired) electrons. The Labute approximate surface area is 174 Å². The molecule has 10 heteroatoms. The average Bonchev–Trinajstić information content (AvgIpc) is 2.69. The molecular formula is C20H21N5O4S. The van der Waals surface area contributed by atoms with Crippen molar-refractivity contribution in [1.82, 2.24) is 4.98 Å². The van der Waals surface area contributed by atoms with E-state index in [0.717, 1.165) is 5.56 Å². The molecule has 3 aromatic rings. The molecule has 0 aliphatic heterocycles. The van der Waals surface area contributed by atoms with Crippen molar-refractivity contribution in [2.24, 2.45) is 21.7 Å². The van der Waals surface area contributed by atoms with Crippen molar-refractivity contribution in [2.45, 2.75) is 18.2 Å². The van der Waals surface area contributed by atoms with Gasteiger partial charge in [0.15, 0.2) is 0 Å². The van der Waals surface area contributed by atoms with E-state index in [1.807, 2.05) is 6.92 Å². The number of nitrogens with two attached hydrogens (primary N) is 2. The molecule has 2 aromatic carbocycles. The molecule has 0 bridgehead atoms. The normalized spacial score (nSPS) is 11.5. The van der Waals surface area contributed by atoms with Crippen LogP contribution in [0.25, 0.3) is 10.8 Å². The Bertz CT molecular complexity index is 1200. The van der Waals surface area contributed by atoms with Crippen LogP contribution in [0, 0.1) is 6.92 Å². The number of nitrogens with zero attached hydrogens (tertiary/aromatic N) is 3. The number of pyridine rings is 1. The van der Waals surface area contributed by atoms with Gasteiger partial charge in [-0.1, -0.05) is 12.1 Å². The van der Waals surface area contributed by atoms with E-state index in [-0.39, 0.29) is 16.6 Å². The predicted octanol–water partition coefficient (Wildman–Crippen LogP) is 2.34. The predicted molar refractivity (Wildman–Crippen MR) is 115 cm³/mol. The molecule has 9 nitrogen and oxygen atoms in total. The highest BCUT2D eigenvalue weighted by Crippen LogP contribution is 2.28. The topological polar surface area (TPSA) is 142 Å². The van der Waals surface area contributed by atoms with Crippen LogP contribution < -0.4 is 20.4 Å². The SMILES string of the molecule is Cc1cc(OCC/C=N\N=C(N)N)cc(OS(=O)(=O)c2cccc3cnccc23)c1. The minimum Gasteiger partial charge on any atom is -0.493 e. The van der Waals surface area contributed by atoms with Crippen LogP contribution in [0.5, 0.6) is 11.5 Å². The van der Waals surface area contributed by atoms with Crippen LogP contribution in [0.3, 0.4) is 0 Å². The summed E-state index contributed by atoms with van der Waals surface area (Å²) in [6.45, 7) is 2.12. The Morgan fingerprint density at radius 1 is 1.17 bits per heavy atom. The molecule has 0 aliphatic carbocycles. The lowest BCUT2D eigenvalue weighted by Gasteiger charge is -2.12. The fraction of sp³-hybridized carbons (Fsp3) is 0.150. The zero-order valence-electron chi connectivity index (χ0n) is 16.2. The molecule has 0 saturated heterocycles. The third kappa shape index (κ3) is 5.45. The van der Waals surface area contributed by atoms with Crippen molar-refractivity contribution in [3.63, 3.8) is 0 Å². The quantitative estimate of drug-likeness (QED) is 0.185. The first-order valence-electron chi connectivity index (χ1n) is 8.97. The molecule has 0 spiro atoms. The van der Waals surface area contributed by atoms with Crippen LogP contribution >= 0.6 is 0 Å². The molecule has 1 aromatic heterocycles. The zero-order valence-corrected chi connectivity index (χ0v) is 17.0. The highest BCUT2D eigenvalue weighted by atomic mass is 32.2. The van der Waals surface area contributed by atoms with Crippen molar-refractivity contribution in [1.29, 1.82) is 0 Å². The Hall–Kier alpha value is -3.66. The van der Waals surface area contributed by atoms with Gasteiger partial charge in [0.25, 0.3) is 0 Å². The van der Waals surface area contributed by atoms with E-state index in [1.54, 1.807) is 36.5 Å². The second-order valence-electron chi connectivity index (χ2n) is 6.33. The minimum atomic E-state index is -4.06. The number of aryl methyl sites for hydroxylation is 1. The highest BCUT2D eigenvalue weighted by Gasteiger charge is 2.20. The van der Waals surface area contributed by atoms with Gasteiger partial charge in [0, 0.05) is 41.9 Å². The molecule has 156 valence electrons. The van der Waals surface area contributed by atoms with E-state index >= 15 is 0 Å². The molecule has 4 N–H and O–H groups in total. The summed E-state index contributed by atoms with van der Waals surface area (Å²) < 4.78 is 36.8. The molecule has 0 unspecified atom stereocenters. The van der Waals surface area contributed by atoms with Crippen molar-refractivity contribution in [2.75, 3.05) is 6.61 Å². The summed E-state index contributed by atoms with van der Waals surface area (Å²) in [7, 11) is -4.06. The average molecular weight is 427 g/mol. The van der Waals surface area contributed by atoms with Gasteiger partial charge in [-0.05, 0) is 36.8 Å². The Morgan fingerprint density at radius 2 is 1.97 bits per heavy atom. The molecular weight excluding hydrogens is 406 g/mol. The molecule has 0 aliphatic rings. The number of aromatic nitrogens is 1. The van der Waals surface area contributed by atoms with Gasteiger partial charge in [-0.25, -0.2) is 0 Å². The van der Waals surface area contributed by atoms with Crippen LogP contribution in [-0.4, -0.2) is 32.2 Å². The van der Waals surface area contributed by atoms with Crippen LogP contribution in [0.1, 0.15) is 12.0 Å². The lowest BCUT2D eigenvalue weighted by atomic mass is 10.2. The number of fused-ring (bicyclic) bond motifs is 1. The van der Waals surface area contributed by atoms with Gasteiger partial charge < -0.3 is 20.4 Å². The summed E-state index contributed by atoms with van der Waals surface area (Å²) in [5.41, 5.74) is 11.1. The van der Waals surface area contributed by atoms with Crippen LogP contribution in [0.2, 0.25) is 0 Å². The molecule has 1 heterocycles. The van der Waals surface area contributed by atoms with Gasteiger partial charge >= 0.3 is 10.1 Å². The minimum absolute atomic E-state index is 0.0716. The third-order valence-electron chi connectivity index (χ3n) is 3.91. The maximum absolute atomic E-state index is 12.9. The first-order chi connectivity index (χ1) is 14.3. The van der Waals surface area contributed by atoms with Crippen molar-refractivity contribution in [3.8, 4) is 11.5 Å². The summed E-state index contributed by atoms with van der Waals surface area (Å²) >= 11 is 0. The second-order valence-corrected chi connectivity index (χ2v) is 7.85. The molecule has 30 heavy (non-hydrogen) atoms. The number of hydrogen-bond acceptors (Lipinski definition) is 7. The first-order valence-corrected chi connectivity index (χ1v) is 10.4. The number of ether oxygens (including phenoxy) is 1. The van der Waals surface area contributed by atoms with E-state index in [4.69, 9.17) is 20.4 Å². The van der Waals surface area contributed by atoms with Crippen LogP contribution in [0.4, 0.5) is 0 Å². The summed E-state index contributed by atoms with van der Waals surface area (Å²) in [6, 6.07) is 11.5. The second kappa shape index (κ2) is 9.23. The molecule has 0 saturated carbocycles. The molecule has 0 fully saturated rings. The van der Waals surface area contributed by atoms with Gasteiger partial charge in [0.2, 0.25) is 5.96 Å². The third-order valence-corrected chi connectivity index (χ3v) is 5.22. The number of guanidine groups is 1. The largest absolute Gasteiger partial charge is 0.493 e. The van der Waals surface area contributed by atoms with Gasteiger partial charge in [-0.2, -0.15) is 13.5 Å². The van der Waals surface area contributed by atoms with Gasteiger partial charge in [0.05, 0.1) is 6.61 Å². The summed E-state index contributed by atoms with van der Waals surface area (Å²) in [6.07, 6.45) is 5.11. The fourth-order valence-electron chi connectivity index (χ4n) is 2.72. The van der Waals surface area contributed by atoms with Crippen molar-refractivity contribution in [3.05, 3.63) is 60.4 Å². The summed E-state index contributed by atoms with van der Waals surface area (Å²) in [4.78, 5) is 4.09. The van der Waals surface area contributed by atoms with E-state index < -0.39 is 10.1 Å². The maximum atomic E-state index is 12.9. The van der Waals surface area contributed by atoms with Gasteiger partial charge in [0.1, 0.15) is 16.4 Å². The van der Waals surface area contributed by atoms with E-state index in [9.17, 15) is 8.42 Å². The smallest absolute Gasteiger partial charge is 0.339 e. The van der Waals surface area contributed by atoms with Crippen molar-refractivity contribution < 1.29 is 17.3 Å².